The fourth-order valence-electron chi connectivity index (χ4n) is 8.20. The van der Waals surface area contributed by atoms with Crippen LogP contribution in [0, 0.1) is 11.8 Å². The molecule has 0 bridgehead atoms. The number of hydrogen-bond donors (Lipinski definition) is 2. The molecule has 0 radical (unpaired) electrons. The molecule has 56 heavy (non-hydrogen) atoms. The van der Waals surface area contributed by atoms with Crippen molar-refractivity contribution in [3.05, 3.63) is 96.1 Å². The third kappa shape index (κ3) is 10.3. The Labute approximate surface area is 331 Å². The molecule has 6 atom stereocenters. The maximum absolute atomic E-state index is 14.3. The minimum Gasteiger partial charge on any atom is -0.495 e. The lowest BCUT2D eigenvalue weighted by molar-refractivity contribution is -0.198. The zero-order valence-corrected chi connectivity index (χ0v) is 32.5. The molecule has 0 spiro atoms. The standard InChI is InChI=1S/C43H51F3N4O5S/c1-55-36-19-9-8-18-35(36)49-25-11-10-17-33(41(49)53)47-39(51)31(27-29-13-4-2-5-14-29)22-23-32(28-30-15-6-3-7-16-30)40(52)48-34-24-26-56-38-21-12-20-37(43(44,45)46)50(38)42(34)54/h2-9,13-16,18-19,31-34,37-38H,10-12,17,20-28H2,1H3,(H,47,51)(H,48,52)/t31-,32-,33+,34+,37-,38+/m1/s1. The van der Waals surface area contributed by atoms with Crippen LogP contribution in [-0.2, 0) is 32.0 Å². The van der Waals surface area contributed by atoms with E-state index in [2.05, 4.69) is 10.6 Å². The van der Waals surface area contributed by atoms with Crippen LogP contribution in [0.5, 0.6) is 5.75 Å². The Kier molecular flexibility index (Phi) is 14.0. The number of para-hydroxylation sites is 2. The lowest BCUT2D eigenvalue weighted by Gasteiger charge is -2.42. The number of ether oxygens (including phenoxy) is 1. The topological polar surface area (TPSA) is 108 Å². The first-order chi connectivity index (χ1) is 27.0. The third-order valence-corrected chi connectivity index (χ3v) is 12.5. The molecule has 300 valence electrons. The quantitative estimate of drug-likeness (QED) is 0.192. The highest BCUT2D eigenvalue weighted by Gasteiger charge is 2.51. The average molecular weight is 793 g/mol. The van der Waals surface area contributed by atoms with E-state index >= 15 is 0 Å². The number of amides is 4. The van der Waals surface area contributed by atoms with Gasteiger partial charge in [-0.2, -0.15) is 13.2 Å². The molecule has 0 aromatic heterocycles. The van der Waals surface area contributed by atoms with E-state index in [1.54, 1.807) is 18.1 Å². The van der Waals surface area contributed by atoms with Crippen LogP contribution in [0.4, 0.5) is 18.9 Å². The van der Waals surface area contributed by atoms with Gasteiger partial charge < -0.3 is 25.2 Å². The van der Waals surface area contributed by atoms with Crippen LogP contribution in [0.25, 0.3) is 0 Å². The number of nitrogens with zero attached hydrogens (tertiary/aromatic N) is 2. The zero-order chi connectivity index (χ0) is 39.7. The molecule has 3 heterocycles. The predicted octanol–water partition coefficient (Wildman–Crippen LogP) is 7.09. The number of methoxy groups -OCH3 is 1. The number of thioether (sulfide) groups is 1. The summed E-state index contributed by atoms with van der Waals surface area (Å²) in [4.78, 5) is 58.9. The van der Waals surface area contributed by atoms with Crippen LogP contribution >= 0.6 is 11.8 Å². The van der Waals surface area contributed by atoms with Crippen molar-refractivity contribution in [2.75, 3.05) is 24.3 Å². The number of piperidine rings is 1. The molecule has 3 saturated heterocycles. The second kappa shape index (κ2) is 19.1. The average Bonchev–Trinajstić information content (AvgIpc) is 3.48. The van der Waals surface area contributed by atoms with E-state index < -0.39 is 53.3 Å². The van der Waals surface area contributed by atoms with Gasteiger partial charge in [0.1, 0.15) is 23.9 Å². The van der Waals surface area contributed by atoms with Crippen molar-refractivity contribution < 1.29 is 37.1 Å². The van der Waals surface area contributed by atoms with Gasteiger partial charge in [0.05, 0.1) is 18.2 Å². The lowest BCUT2D eigenvalue weighted by atomic mass is 9.86. The molecule has 0 unspecified atom stereocenters. The number of rotatable bonds is 13. The SMILES string of the molecule is COc1ccccc1N1CCCC[C@H](NC(=O)[C@H](CC[C@H](Cc2ccccc2)C(=O)N[C@H]2CCS[C@H]3CCC[C@H](C(F)(F)F)N3C2=O)Cc2ccccc2)C1=O. The predicted molar refractivity (Wildman–Crippen MR) is 211 cm³/mol. The van der Waals surface area contributed by atoms with E-state index in [0.29, 0.717) is 62.3 Å². The van der Waals surface area contributed by atoms with Crippen LogP contribution in [-0.4, -0.2) is 77.6 Å². The van der Waals surface area contributed by atoms with E-state index in [1.807, 2.05) is 78.9 Å². The lowest BCUT2D eigenvalue weighted by Crippen LogP contribution is -2.59. The Bertz CT molecular complexity index is 1800. The summed E-state index contributed by atoms with van der Waals surface area (Å²) < 4.78 is 48.0. The van der Waals surface area contributed by atoms with Crippen LogP contribution in [0.1, 0.15) is 68.9 Å². The van der Waals surface area contributed by atoms with Crippen molar-refractivity contribution in [1.82, 2.24) is 15.5 Å². The first kappa shape index (κ1) is 41.1. The van der Waals surface area contributed by atoms with Crippen LogP contribution in [0.2, 0.25) is 0 Å². The van der Waals surface area contributed by atoms with Crippen molar-refractivity contribution >= 4 is 41.1 Å². The fourth-order valence-corrected chi connectivity index (χ4v) is 9.59. The summed E-state index contributed by atoms with van der Waals surface area (Å²) in [6.07, 6.45) is -0.393. The molecule has 9 nitrogen and oxygen atoms in total. The molecule has 3 aliphatic rings. The van der Waals surface area contributed by atoms with Gasteiger partial charge in [-0.25, -0.2) is 0 Å². The Morgan fingerprint density at radius 2 is 1.32 bits per heavy atom. The number of carbonyl (C=O) groups excluding carboxylic acids is 4. The van der Waals surface area contributed by atoms with E-state index in [0.717, 1.165) is 28.9 Å². The molecule has 0 saturated carbocycles. The van der Waals surface area contributed by atoms with Gasteiger partial charge >= 0.3 is 6.18 Å². The van der Waals surface area contributed by atoms with Gasteiger partial charge in [-0.15, -0.1) is 11.8 Å². The summed E-state index contributed by atoms with van der Waals surface area (Å²) in [6.45, 7) is 0.493. The van der Waals surface area contributed by atoms with Gasteiger partial charge in [-0.05, 0) is 99.6 Å². The smallest absolute Gasteiger partial charge is 0.408 e. The van der Waals surface area contributed by atoms with Crippen LogP contribution in [0.3, 0.4) is 0 Å². The van der Waals surface area contributed by atoms with Gasteiger partial charge in [0, 0.05) is 18.4 Å². The first-order valence-electron chi connectivity index (χ1n) is 19.7. The maximum atomic E-state index is 14.3. The molecule has 4 amide bonds. The number of anilines is 1. The molecule has 2 N–H and O–H groups in total. The highest BCUT2D eigenvalue weighted by Crippen LogP contribution is 2.40. The highest BCUT2D eigenvalue weighted by atomic mass is 32.2. The molecule has 3 aromatic rings. The number of alkyl halides is 3. The summed E-state index contributed by atoms with van der Waals surface area (Å²) in [5.41, 5.74) is 2.46. The minimum atomic E-state index is -4.56. The highest BCUT2D eigenvalue weighted by molar-refractivity contribution is 7.99. The number of carbonyl (C=O) groups is 4. The molecule has 3 fully saturated rings. The Morgan fingerprint density at radius 3 is 1.91 bits per heavy atom. The second-order valence-electron chi connectivity index (χ2n) is 15.0. The molecular weight excluding hydrogens is 742 g/mol. The summed E-state index contributed by atoms with van der Waals surface area (Å²) in [5.74, 6) is -1.89. The summed E-state index contributed by atoms with van der Waals surface area (Å²) in [5, 5.41) is 5.37. The minimum absolute atomic E-state index is 0.153. The number of nitrogens with one attached hydrogen (secondary N) is 2. The van der Waals surface area contributed by atoms with Gasteiger partial charge in [-0.1, -0.05) is 72.8 Å². The van der Waals surface area contributed by atoms with E-state index in [9.17, 15) is 32.3 Å². The molecular formula is C43H51F3N4O5S. The summed E-state index contributed by atoms with van der Waals surface area (Å²) >= 11 is 1.34. The summed E-state index contributed by atoms with van der Waals surface area (Å²) in [7, 11) is 1.56. The number of halogens is 3. The maximum Gasteiger partial charge on any atom is 0.408 e. The normalized spacial score (nSPS) is 22.9. The molecule has 3 aromatic carbocycles. The summed E-state index contributed by atoms with van der Waals surface area (Å²) in [6, 6.07) is 22.6. The van der Waals surface area contributed by atoms with Gasteiger partial charge in [-0.3, -0.25) is 19.2 Å². The molecule has 0 aliphatic carbocycles. The van der Waals surface area contributed by atoms with E-state index in [1.165, 1.54) is 11.8 Å². The first-order valence-corrected chi connectivity index (χ1v) is 20.7. The Morgan fingerprint density at radius 1 is 0.750 bits per heavy atom. The van der Waals surface area contributed by atoms with E-state index in [4.69, 9.17) is 4.74 Å². The van der Waals surface area contributed by atoms with Crippen molar-refractivity contribution in [3.8, 4) is 5.75 Å². The van der Waals surface area contributed by atoms with E-state index in [-0.39, 0.29) is 31.1 Å². The second-order valence-corrected chi connectivity index (χ2v) is 16.3. The van der Waals surface area contributed by atoms with Crippen molar-refractivity contribution in [3.63, 3.8) is 0 Å². The van der Waals surface area contributed by atoms with Gasteiger partial charge in [0.15, 0.2) is 0 Å². The number of hydrogen-bond acceptors (Lipinski definition) is 6. The fraction of sp³-hybridized carbons (Fsp3) is 0.488. The number of benzene rings is 3. The number of fused-ring (bicyclic) bond motifs is 1. The third-order valence-electron chi connectivity index (χ3n) is 11.2. The van der Waals surface area contributed by atoms with Crippen LogP contribution in [0.15, 0.2) is 84.9 Å². The Balaban J connectivity index is 1.21. The Hall–Kier alpha value is -4.52. The van der Waals surface area contributed by atoms with Gasteiger partial charge in [0.2, 0.25) is 23.6 Å². The van der Waals surface area contributed by atoms with Crippen molar-refractivity contribution in [1.29, 1.82) is 0 Å². The molecule has 13 heteroatoms. The molecule has 6 rings (SSSR count). The largest absolute Gasteiger partial charge is 0.495 e. The molecule has 3 aliphatic heterocycles. The van der Waals surface area contributed by atoms with Gasteiger partial charge in [0.25, 0.3) is 0 Å². The van der Waals surface area contributed by atoms with Crippen LogP contribution < -0.4 is 20.3 Å². The van der Waals surface area contributed by atoms with Crippen molar-refractivity contribution in [2.24, 2.45) is 11.8 Å². The zero-order valence-electron chi connectivity index (χ0n) is 31.7. The monoisotopic (exact) mass is 792 g/mol. The van der Waals surface area contributed by atoms with Crippen molar-refractivity contribution in [2.45, 2.75) is 100 Å².